The van der Waals surface area contributed by atoms with Gasteiger partial charge in [0.1, 0.15) is 73.2 Å². The van der Waals surface area contributed by atoms with E-state index in [0.717, 1.165) is 83.5 Å². The molecule has 442 valence electrons. The van der Waals surface area contributed by atoms with Crippen molar-refractivity contribution in [1.29, 1.82) is 0 Å². The summed E-state index contributed by atoms with van der Waals surface area (Å²) >= 11 is 0. The average molecular weight is 1090 g/mol. The van der Waals surface area contributed by atoms with Gasteiger partial charge in [-0.3, -0.25) is 4.79 Å². The van der Waals surface area contributed by atoms with E-state index in [0.29, 0.717) is 6.42 Å². The SMILES string of the molecule is CCCCC/C=C\C/C=C\C/C=C\CCCCCCCCC(=O)NC(COC1OC(CO)C(OC2OC(CO)C(OC3OC(CO)C(O)C(O)C3O)C(O)C2O)C(O)C1O)C(O)/C=C/CCCCCCCCCCCC. The number of aliphatic hydroxyl groups excluding tert-OH is 11. The molecule has 0 radical (unpaired) electrons. The quantitative estimate of drug-likeness (QED) is 0.0300. The number of carbonyl (C=O) groups excluding carboxylic acids is 1. The Labute approximate surface area is 453 Å². The predicted octanol–water partition coefficient (Wildman–Crippen LogP) is 4.31. The summed E-state index contributed by atoms with van der Waals surface area (Å²) in [6.07, 6.45) is 16.6. The molecule has 17 atom stereocenters. The molecule has 3 aliphatic rings. The van der Waals surface area contributed by atoms with E-state index in [1.54, 1.807) is 6.08 Å². The number of allylic oxidation sites excluding steroid dienone is 7. The molecule has 3 saturated heterocycles. The minimum atomic E-state index is -1.98. The molecule has 3 rings (SSSR count). The first kappa shape index (κ1) is 68.0. The van der Waals surface area contributed by atoms with Crippen LogP contribution in [0.1, 0.15) is 174 Å². The van der Waals surface area contributed by atoms with Crippen molar-refractivity contribution in [3.05, 3.63) is 48.6 Å². The molecule has 17 unspecified atom stereocenters. The lowest BCUT2D eigenvalue weighted by atomic mass is 9.96. The fourth-order valence-corrected chi connectivity index (χ4v) is 9.55. The molecule has 3 aliphatic heterocycles. The molecular formula is C57H101NO18. The first-order valence-corrected chi connectivity index (χ1v) is 28.9. The number of carbonyl (C=O) groups is 1. The number of hydrogen-bond donors (Lipinski definition) is 12. The van der Waals surface area contributed by atoms with E-state index in [2.05, 4.69) is 55.6 Å². The summed E-state index contributed by atoms with van der Waals surface area (Å²) in [4.78, 5) is 13.3. The summed E-state index contributed by atoms with van der Waals surface area (Å²) < 4.78 is 34.2. The van der Waals surface area contributed by atoms with Crippen LogP contribution in [-0.4, -0.2) is 193 Å². The number of hydrogen-bond acceptors (Lipinski definition) is 18. The van der Waals surface area contributed by atoms with E-state index in [-0.39, 0.29) is 18.9 Å². The van der Waals surface area contributed by atoms with Crippen molar-refractivity contribution in [3.63, 3.8) is 0 Å². The van der Waals surface area contributed by atoms with Gasteiger partial charge in [0.25, 0.3) is 0 Å². The molecule has 76 heavy (non-hydrogen) atoms. The summed E-state index contributed by atoms with van der Waals surface area (Å²) in [6, 6.07) is -0.979. The van der Waals surface area contributed by atoms with Gasteiger partial charge in [0.2, 0.25) is 5.91 Å². The molecule has 3 fully saturated rings. The lowest BCUT2D eigenvalue weighted by molar-refractivity contribution is -0.379. The fourth-order valence-electron chi connectivity index (χ4n) is 9.55. The van der Waals surface area contributed by atoms with Crippen LogP contribution < -0.4 is 5.32 Å². The standard InChI is InChI=1S/C57H101NO18/c1-3-5-7-9-11-13-15-17-18-19-20-21-22-23-25-27-29-31-33-35-45(63)58-40(41(62)34-32-30-28-26-24-16-14-12-10-8-6-4-2)39-71-55-51(69)48(66)53(43(37-60)73-55)76-57-52(70)49(67)54(44(38-61)74-57)75-56-50(68)47(65)46(64)42(36-59)72-56/h11,13,17-18,20-21,32,34,40-44,46-57,59-62,64-70H,3-10,12,14-16,19,22-31,33,35-39H2,1-2H3,(H,58,63)/b13-11-,18-17-,21-20-,34-32+. The second-order valence-electron chi connectivity index (χ2n) is 20.8. The van der Waals surface area contributed by atoms with Crippen LogP contribution in [0.15, 0.2) is 48.6 Å². The molecule has 0 saturated carbocycles. The van der Waals surface area contributed by atoms with Crippen LogP contribution in [0.5, 0.6) is 0 Å². The van der Waals surface area contributed by atoms with Crippen LogP contribution in [0.3, 0.4) is 0 Å². The summed E-state index contributed by atoms with van der Waals surface area (Å²) in [7, 11) is 0. The Hall–Kier alpha value is -2.25. The highest BCUT2D eigenvalue weighted by molar-refractivity contribution is 5.76. The summed E-state index contributed by atoms with van der Waals surface area (Å²) in [6.45, 7) is 1.65. The Bertz CT molecular complexity index is 1580. The Kier molecular flexibility index (Phi) is 36.6. The molecule has 19 heteroatoms. The lowest BCUT2D eigenvalue weighted by Crippen LogP contribution is -2.66. The highest BCUT2D eigenvalue weighted by Crippen LogP contribution is 2.33. The molecule has 0 spiro atoms. The van der Waals surface area contributed by atoms with Crippen LogP contribution in [0.25, 0.3) is 0 Å². The van der Waals surface area contributed by atoms with Crippen molar-refractivity contribution in [2.75, 3.05) is 26.4 Å². The zero-order valence-corrected chi connectivity index (χ0v) is 45.7. The fraction of sp³-hybridized carbons (Fsp3) is 0.842. The zero-order chi connectivity index (χ0) is 55.5. The van der Waals surface area contributed by atoms with Gasteiger partial charge in [-0.05, 0) is 57.8 Å². The third-order valence-electron chi connectivity index (χ3n) is 14.4. The maximum Gasteiger partial charge on any atom is 0.220 e. The largest absolute Gasteiger partial charge is 0.394 e. The van der Waals surface area contributed by atoms with E-state index in [1.165, 1.54) is 64.2 Å². The van der Waals surface area contributed by atoms with Gasteiger partial charge in [0, 0.05) is 6.42 Å². The summed E-state index contributed by atoms with van der Waals surface area (Å²) in [5.41, 5.74) is 0. The minimum absolute atomic E-state index is 0.227. The Morgan fingerprint density at radius 2 is 0.868 bits per heavy atom. The van der Waals surface area contributed by atoms with Crippen LogP contribution in [0.2, 0.25) is 0 Å². The van der Waals surface area contributed by atoms with Crippen LogP contribution in [-0.2, 0) is 33.2 Å². The van der Waals surface area contributed by atoms with Crippen molar-refractivity contribution in [2.24, 2.45) is 0 Å². The van der Waals surface area contributed by atoms with Gasteiger partial charge in [0.15, 0.2) is 18.9 Å². The lowest BCUT2D eigenvalue weighted by Gasteiger charge is -2.48. The molecule has 0 bridgehead atoms. The number of ether oxygens (including phenoxy) is 6. The van der Waals surface area contributed by atoms with Gasteiger partial charge in [-0.15, -0.1) is 0 Å². The van der Waals surface area contributed by atoms with Crippen molar-refractivity contribution in [3.8, 4) is 0 Å². The van der Waals surface area contributed by atoms with Crippen molar-refractivity contribution < 1.29 is 89.4 Å². The molecule has 19 nitrogen and oxygen atoms in total. The van der Waals surface area contributed by atoms with Crippen molar-refractivity contribution in [1.82, 2.24) is 5.32 Å². The molecular weight excluding hydrogens is 987 g/mol. The van der Waals surface area contributed by atoms with Gasteiger partial charge < -0.3 is 89.9 Å². The summed E-state index contributed by atoms with van der Waals surface area (Å²) in [5, 5.41) is 120. The van der Waals surface area contributed by atoms with Crippen molar-refractivity contribution >= 4 is 5.91 Å². The monoisotopic (exact) mass is 1090 g/mol. The van der Waals surface area contributed by atoms with Gasteiger partial charge >= 0.3 is 0 Å². The zero-order valence-electron chi connectivity index (χ0n) is 45.7. The maximum absolute atomic E-state index is 13.3. The maximum atomic E-state index is 13.3. The predicted molar refractivity (Wildman–Crippen MR) is 286 cm³/mol. The number of nitrogens with one attached hydrogen (secondary N) is 1. The van der Waals surface area contributed by atoms with E-state index < -0.39 is 124 Å². The number of unbranched alkanes of at least 4 members (excludes halogenated alkanes) is 19. The van der Waals surface area contributed by atoms with Gasteiger partial charge in [-0.2, -0.15) is 0 Å². The Morgan fingerprint density at radius 3 is 1.38 bits per heavy atom. The highest BCUT2D eigenvalue weighted by Gasteiger charge is 2.53. The Morgan fingerprint density at radius 1 is 0.474 bits per heavy atom. The minimum Gasteiger partial charge on any atom is -0.394 e. The van der Waals surface area contributed by atoms with E-state index in [1.807, 2.05) is 6.08 Å². The van der Waals surface area contributed by atoms with E-state index in [4.69, 9.17) is 28.4 Å². The van der Waals surface area contributed by atoms with Crippen molar-refractivity contribution in [2.45, 2.75) is 279 Å². The average Bonchev–Trinajstić information content (AvgIpc) is 3.42. The van der Waals surface area contributed by atoms with Crippen LogP contribution >= 0.6 is 0 Å². The van der Waals surface area contributed by atoms with Crippen LogP contribution in [0.4, 0.5) is 0 Å². The molecule has 12 N–H and O–H groups in total. The molecule has 0 aromatic carbocycles. The first-order chi connectivity index (χ1) is 36.8. The number of amides is 1. The van der Waals surface area contributed by atoms with Gasteiger partial charge in [-0.1, -0.05) is 159 Å². The third kappa shape index (κ3) is 25.0. The molecule has 1 amide bonds. The molecule has 0 aromatic rings. The van der Waals surface area contributed by atoms with E-state index in [9.17, 15) is 61.0 Å². The topological polar surface area (TPSA) is 307 Å². The summed E-state index contributed by atoms with van der Waals surface area (Å²) in [5.74, 6) is -0.292. The third-order valence-corrected chi connectivity index (χ3v) is 14.4. The highest BCUT2D eigenvalue weighted by atomic mass is 16.8. The molecule has 0 aliphatic carbocycles. The normalized spacial score (nSPS) is 31.3. The first-order valence-electron chi connectivity index (χ1n) is 28.9. The Balaban J connectivity index is 1.52. The molecule has 3 heterocycles. The smallest absolute Gasteiger partial charge is 0.220 e. The number of aliphatic hydroxyl groups is 11. The van der Waals surface area contributed by atoms with E-state index >= 15 is 0 Å². The van der Waals surface area contributed by atoms with Gasteiger partial charge in [-0.25, -0.2) is 0 Å². The van der Waals surface area contributed by atoms with Gasteiger partial charge in [0.05, 0.1) is 38.6 Å². The second-order valence-corrected chi connectivity index (χ2v) is 20.8. The van der Waals surface area contributed by atoms with Crippen LogP contribution in [0, 0.1) is 0 Å². The second kappa shape index (κ2) is 40.9. The number of rotatable bonds is 41. The molecule has 0 aromatic heterocycles.